The maximum absolute atomic E-state index is 3.50. The van der Waals surface area contributed by atoms with Gasteiger partial charge in [0.25, 0.3) is 0 Å². The predicted octanol–water partition coefficient (Wildman–Crippen LogP) is 4.72. The molecule has 1 saturated heterocycles. The molecule has 1 aromatic heterocycles. The average molecular weight is 337 g/mol. The number of halogens is 1. The Bertz CT molecular complexity index is 547. The second-order valence-corrected chi connectivity index (χ2v) is 7.15. The zero-order valence-corrected chi connectivity index (χ0v) is 13.1. The Labute approximate surface area is 126 Å². The summed E-state index contributed by atoms with van der Waals surface area (Å²) in [5, 5.41) is 5.68. The standard InChI is InChI=1S/C15H17BrN2S/c16-15-8-12(11-19-15)10-17-13-4-3-5-14(9-13)18-6-1-2-7-18/h3-5,8-9,11,17H,1-2,6-7,10H2. The van der Waals surface area contributed by atoms with E-state index in [2.05, 4.69) is 61.9 Å². The lowest BCUT2D eigenvalue weighted by Crippen LogP contribution is -2.17. The van der Waals surface area contributed by atoms with Crippen LogP contribution in [0.1, 0.15) is 18.4 Å². The molecule has 0 unspecified atom stereocenters. The van der Waals surface area contributed by atoms with Gasteiger partial charge in [-0.15, -0.1) is 11.3 Å². The molecule has 0 atom stereocenters. The highest BCUT2D eigenvalue weighted by molar-refractivity contribution is 9.11. The summed E-state index contributed by atoms with van der Waals surface area (Å²) in [5.74, 6) is 0. The number of rotatable bonds is 4. The van der Waals surface area contributed by atoms with Gasteiger partial charge < -0.3 is 10.2 Å². The Morgan fingerprint density at radius 2 is 2.05 bits per heavy atom. The van der Waals surface area contributed by atoms with Crippen molar-refractivity contribution in [1.29, 1.82) is 0 Å². The molecule has 1 aliphatic rings. The number of nitrogens with one attached hydrogen (secondary N) is 1. The van der Waals surface area contributed by atoms with Gasteiger partial charge in [0.05, 0.1) is 3.79 Å². The van der Waals surface area contributed by atoms with E-state index in [1.54, 1.807) is 11.3 Å². The second-order valence-electron chi connectivity index (χ2n) is 4.86. The summed E-state index contributed by atoms with van der Waals surface area (Å²) < 4.78 is 1.19. The van der Waals surface area contributed by atoms with Crippen LogP contribution in [0.25, 0.3) is 0 Å². The van der Waals surface area contributed by atoms with E-state index in [-0.39, 0.29) is 0 Å². The van der Waals surface area contributed by atoms with Crippen molar-refractivity contribution in [3.8, 4) is 0 Å². The molecule has 2 aromatic rings. The first-order valence-electron chi connectivity index (χ1n) is 6.63. The summed E-state index contributed by atoms with van der Waals surface area (Å²) in [7, 11) is 0. The van der Waals surface area contributed by atoms with Crippen LogP contribution in [0.3, 0.4) is 0 Å². The molecule has 2 nitrogen and oxygen atoms in total. The fourth-order valence-corrected chi connectivity index (χ4v) is 3.64. The van der Waals surface area contributed by atoms with E-state index in [1.807, 2.05) is 0 Å². The third kappa shape index (κ3) is 3.31. The van der Waals surface area contributed by atoms with Crippen molar-refractivity contribution in [2.24, 2.45) is 0 Å². The first-order valence-corrected chi connectivity index (χ1v) is 8.30. The zero-order valence-electron chi connectivity index (χ0n) is 10.7. The van der Waals surface area contributed by atoms with Crippen molar-refractivity contribution >= 4 is 38.6 Å². The van der Waals surface area contributed by atoms with E-state index >= 15 is 0 Å². The van der Waals surface area contributed by atoms with Crippen LogP contribution >= 0.6 is 27.3 Å². The molecule has 3 rings (SSSR count). The van der Waals surface area contributed by atoms with Gasteiger partial charge in [0.2, 0.25) is 0 Å². The quantitative estimate of drug-likeness (QED) is 0.868. The lowest BCUT2D eigenvalue weighted by Gasteiger charge is -2.18. The van der Waals surface area contributed by atoms with E-state index in [0.717, 1.165) is 6.54 Å². The Morgan fingerprint density at radius 3 is 2.79 bits per heavy atom. The maximum Gasteiger partial charge on any atom is 0.0701 e. The highest BCUT2D eigenvalue weighted by Crippen LogP contribution is 2.25. The highest BCUT2D eigenvalue weighted by Gasteiger charge is 2.12. The summed E-state index contributed by atoms with van der Waals surface area (Å²) in [4.78, 5) is 2.46. The van der Waals surface area contributed by atoms with Crippen LogP contribution in [0.4, 0.5) is 11.4 Å². The SMILES string of the molecule is Brc1cc(CNc2cccc(N3CCCC3)c2)cs1. The summed E-state index contributed by atoms with van der Waals surface area (Å²) in [5.41, 5.74) is 3.86. The molecule has 1 fully saturated rings. The van der Waals surface area contributed by atoms with Gasteiger partial charge in [0, 0.05) is 31.0 Å². The van der Waals surface area contributed by atoms with Crippen molar-refractivity contribution in [3.63, 3.8) is 0 Å². The molecule has 0 amide bonds. The van der Waals surface area contributed by atoms with Gasteiger partial charge in [-0.2, -0.15) is 0 Å². The predicted molar refractivity (Wildman–Crippen MR) is 87.2 cm³/mol. The fraction of sp³-hybridized carbons (Fsp3) is 0.333. The molecule has 100 valence electrons. The minimum Gasteiger partial charge on any atom is -0.381 e. The topological polar surface area (TPSA) is 15.3 Å². The molecule has 2 heterocycles. The minimum atomic E-state index is 0.881. The molecule has 1 aromatic carbocycles. The average Bonchev–Trinajstić information content (AvgIpc) is 3.08. The normalized spacial score (nSPS) is 14.9. The van der Waals surface area contributed by atoms with E-state index in [4.69, 9.17) is 0 Å². The summed E-state index contributed by atoms with van der Waals surface area (Å²) in [6, 6.07) is 10.9. The fourth-order valence-electron chi connectivity index (χ4n) is 2.43. The van der Waals surface area contributed by atoms with Crippen LogP contribution < -0.4 is 10.2 Å². The van der Waals surface area contributed by atoms with Crippen LogP contribution in [-0.2, 0) is 6.54 Å². The van der Waals surface area contributed by atoms with Gasteiger partial charge in [-0.25, -0.2) is 0 Å². The lowest BCUT2D eigenvalue weighted by atomic mass is 10.2. The van der Waals surface area contributed by atoms with Crippen LogP contribution in [0.15, 0.2) is 39.5 Å². The third-order valence-electron chi connectivity index (χ3n) is 3.44. The van der Waals surface area contributed by atoms with E-state index in [1.165, 1.54) is 46.7 Å². The van der Waals surface area contributed by atoms with Crippen LogP contribution in [0.5, 0.6) is 0 Å². The molecule has 0 bridgehead atoms. The van der Waals surface area contributed by atoms with Crippen LogP contribution in [0, 0.1) is 0 Å². The van der Waals surface area contributed by atoms with Gasteiger partial charge >= 0.3 is 0 Å². The van der Waals surface area contributed by atoms with Gasteiger partial charge in [0.1, 0.15) is 0 Å². The largest absolute Gasteiger partial charge is 0.381 e. The van der Waals surface area contributed by atoms with Crippen molar-refractivity contribution < 1.29 is 0 Å². The smallest absolute Gasteiger partial charge is 0.0701 e. The summed E-state index contributed by atoms with van der Waals surface area (Å²) >= 11 is 5.23. The molecular formula is C15H17BrN2S. The Morgan fingerprint density at radius 1 is 1.21 bits per heavy atom. The van der Waals surface area contributed by atoms with Gasteiger partial charge in [0.15, 0.2) is 0 Å². The molecule has 0 saturated carbocycles. The molecule has 1 aliphatic heterocycles. The molecule has 0 aliphatic carbocycles. The Kier molecular flexibility index (Phi) is 4.09. The molecule has 1 N–H and O–H groups in total. The number of thiophene rings is 1. The monoisotopic (exact) mass is 336 g/mol. The van der Waals surface area contributed by atoms with E-state index in [0.29, 0.717) is 0 Å². The van der Waals surface area contributed by atoms with E-state index in [9.17, 15) is 0 Å². The number of benzene rings is 1. The molecule has 19 heavy (non-hydrogen) atoms. The Hall–Kier alpha value is -1.000. The molecule has 0 radical (unpaired) electrons. The van der Waals surface area contributed by atoms with Gasteiger partial charge in [-0.3, -0.25) is 0 Å². The highest BCUT2D eigenvalue weighted by atomic mass is 79.9. The first kappa shape index (κ1) is 13.0. The first-order chi connectivity index (χ1) is 9.31. The number of nitrogens with zero attached hydrogens (tertiary/aromatic N) is 1. The molecule has 4 heteroatoms. The number of hydrogen-bond acceptors (Lipinski definition) is 3. The van der Waals surface area contributed by atoms with Gasteiger partial charge in [-0.05, 0) is 64.0 Å². The Balaban J connectivity index is 1.65. The van der Waals surface area contributed by atoms with Crippen LogP contribution in [-0.4, -0.2) is 13.1 Å². The summed E-state index contributed by atoms with van der Waals surface area (Å²) in [6.07, 6.45) is 2.64. The zero-order chi connectivity index (χ0) is 13.1. The second kappa shape index (κ2) is 5.97. The van der Waals surface area contributed by atoms with Crippen LogP contribution in [0.2, 0.25) is 0 Å². The lowest BCUT2D eigenvalue weighted by molar-refractivity contribution is 0.949. The maximum atomic E-state index is 3.50. The molecular weight excluding hydrogens is 320 g/mol. The molecule has 0 spiro atoms. The van der Waals surface area contributed by atoms with Crippen molar-refractivity contribution in [3.05, 3.63) is 45.1 Å². The minimum absolute atomic E-state index is 0.881. The third-order valence-corrected chi connectivity index (χ3v) is 4.99. The van der Waals surface area contributed by atoms with Crippen molar-refractivity contribution in [2.75, 3.05) is 23.3 Å². The van der Waals surface area contributed by atoms with E-state index < -0.39 is 0 Å². The number of hydrogen-bond donors (Lipinski definition) is 1. The van der Waals surface area contributed by atoms with Crippen molar-refractivity contribution in [1.82, 2.24) is 0 Å². The van der Waals surface area contributed by atoms with Crippen molar-refractivity contribution in [2.45, 2.75) is 19.4 Å². The summed E-state index contributed by atoms with van der Waals surface area (Å²) in [6.45, 7) is 3.27. The number of anilines is 2. The van der Waals surface area contributed by atoms with Gasteiger partial charge in [-0.1, -0.05) is 6.07 Å².